The predicted octanol–water partition coefficient (Wildman–Crippen LogP) is 3.36. The van der Waals surface area contributed by atoms with Gasteiger partial charge in [-0.1, -0.05) is 6.92 Å². The molecule has 0 N–H and O–H groups in total. The van der Waals surface area contributed by atoms with Crippen molar-refractivity contribution in [3.8, 4) is 6.07 Å². The molecule has 1 atom stereocenters. The average molecular weight is 268 g/mol. The van der Waals surface area contributed by atoms with Crippen LogP contribution < -0.4 is 4.90 Å². The first-order valence-corrected chi connectivity index (χ1v) is 6.89. The van der Waals surface area contributed by atoms with Crippen LogP contribution in [-0.2, 0) is 6.54 Å². The molecular formula is C16H20N4. The van der Waals surface area contributed by atoms with E-state index >= 15 is 0 Å². The van der Waals surface area contributed by atoms with Crippen LogP contribution >= 0.6 is 0 Å². The summed E-state index contributed by atoms with van der Waals surface area (Å²) in [5.74, 6) is 0. The Hall–Kier alpha value is -2.28. The van der Waals surface area contributed by atoms with Crippen LogP contribution in [0.15, 0.2) is 36.5 Å². The van der Waals surface area contributed by atoms with Gasteiger partial charge in [-0.15, -0.1) is 0 Å². The van der Waals surface area contributed by atoms with Crippen molar-refractivity contribution >= 4 is 5.69 Å². The minimum atomic E-state index is 0.434. The lowest BCUT2D eigenvalue weighted by Crippen LogP contribution is -2.17. The summed E-state index contributed by atoms with van der Waals surface area (Å²) in [5, 5.41) is 13.4. The second-order valence-corrected chi connectivity index (χ2v) is 5.06. The van der Waals surface area contributed by atoms with Crippen molar-refractivity contribution in [2.75, 3.05) is 11.9 Å². The zero-order chi connectivity index (χ0) is 14.5. The average Bonchev–Trinajstić information content (AvgIpc) is 2.95. The minimum absolute atomic E-state index is 0.434. The third kappa shape index (κ3) is 3.18. The lowest BCUT2D eigenvalue weighted by Gasteiger charge is -2.18. The van der Waals surface area contributed by atoms with E-state index in [4.69, 9.17) is 5.26 Å². The highest BCUT2D eigenvalue weighted by molar-refractivity contribution is 5.49. The summed E-state index contributed by atoms with van der Waals surface area (Å²) in [7, 11) is 2.03. The first-order chi connectivity index (χ1) is 9.63. The molecule has 0 aliphatic carbocycles. The molecule has 2 aromatic rings. The van der Waals surface area contributed by atoms with Gasteiger partial charge in [0.1, 0.15) is 0 Å². The first kappa shape index (κ1) is 14.1. The SMILES string of the molecule is CCC(C)n1ccc(CN(C)c2ccc(C#N)cc2)n1. The third-order valence-electron chi connectivity index (χ3n) is 3.54. The Morgan fingerprint density at radius 2 is 2.00 bits per heavy atom. The van der Waals surface area contributed by atoms with Gasteiger partial charge in [0.05, 0.1) is 23.9 Å². The molecule has 0 radical (unpaired) electrons. The molecule has 0 saturated carbocycles. The molecule has 0 spiro atoms. The number of anilines is 1. The molecule has 4 heteroatoms. The molecule has 1 aromatic heterocycles. The molecule has 1 heterocycles. The van der Waals surface area contributed by atoms with Gasteiger partial charge in [0.2, 0.25) is 0 Å². The van der Waals surface area contributed by atoms with Crippen LogP contribution in [0.3, 0.4) is 0 Å². The van der Waals surface area contributed by atoms with Gasteiger partial charge in [-0.3, -0.25) is 4.68 Å². The van der Waals surface area contributed by atoms with Crippen molar-refractivity contribution in [2.45, 2.75) is 32.9 Å². The highest BCUT2D eigenvalue weighted by Gasteiger charge is 2.07. The number of hydrogen-bond donors (Lipinski definition) is 0. The van der Waals surface area contributed by atoms with Crippen LogP contribution in [0.5, 0.6) is 0 Å². The van der Waals surface area contributed by atoms with Gasteiger partial charge in [-0.25, -0.2) is 0 Å². The number of aromatic nitrogens is 2. The topological polar surface area (TPSA) is 44.9 Å². The van der Waals surface area contributed by atoms with Crippen molar-refractivity contribution in [1.82, 2.24) is 9.78 Å². The second kappa shape index (κ2) is 6.25. The normalized spacial score (nSPS) is 11.9. The molecule has 1 unspecified atom stereocenters. The standard InChI is InChI=1S/C16H20N4/c1-4-13(2)20-10-9-15(18-20)12-19(3)16-7-5-14(11-17)6-8-16/h5-10,13H,4,12H2,1-3H3. The van der Waals surface area contributed by atoms with E-state index in [9.17, 15) is 0 Å². The van der Waals surface area contributed by atoms with Gasteiger partial charge in [-0.05, 0) is 43.7 Å². The van der Waals surface area contributed by atoms with E-state index in [-0.39, 0.29) is 0 Å². The van der Waals surface area contributed by atoms with Crippen molar-refractivity contribution < 1.29 is 0 Å². The van der Waals surface area contributed by atoms with E-state index < -0.39 is 0 Å². The minimum Gasteiger partial charge on any atom is -0.369 e. The largest absolute Gasteiger partial charge is 0.369 e. The van der Waals surface area contributed by atoms with Crippen LogP contribution in [0, 0.1) is 11.3 Å². The molecule has 0 saturated heterocycles. The number of hydrogen-bond acceptors (Lipinski definition) is 3. The van der Waals surface area contributed by atoms with Crippen molar-refractivity contribution in [3.05, 3.63) is 47.8 Å². The maximum atomic E-state index is 8.80. The summed E-state index contributed by atoms with van der Waals surface area (Å²) in [6.45, 7) is 5.09. The van der Waals surface area contributed by atoms with Gasteiger partial charge in [-0.2, -0.15) is 10.4 Å². The molecule has 104 valence electrons. The maximum Gasteiger partial charge on any atom is 0.0991 e. The highest BCUT2D eigenvalue weighted by atomic mass is 15.3. The zero-order valence-electron chi connectivity index (χ0n) is 12.2. The number of rotatable bonds is 5. The molecule has 0 amide bonds. The van der Waals surface area contributed by atoms with Crippen molar-refractivity contribution in [3.63, 3.8) is 0 Å². The molecular weight excluding hydrogens is 248 g/mol. The lowest BCUT2D eigenvalue weighted by atomic mass is 10.2. The van der Waals surface area contributed by atoms with E-state index in [0.717, 1.165) is 24.3 Å². The Kier molecular flexibility index (Phi) is 4.41. The number of benzene rings is 1. The quantitative estimate of drug-likeness (QED) is 0.835. The number of nitriles is 1. The van der Waals surface area contributed by atoms with Crippen LogP contribution in [0.25, 0.3) is 0 Å². The van der Waals surface area contributed by atoms with E-state index in [1.54, 1.807) is 0 Å². The van der Waals surface area contributed by atoms with E-state index in [1.807, 2.05) is 42.2 Å². The second-order valence-electron chi connectivity index (χ2n) is 5.06. The van der Waals surface area contributed by atoms with Crippen LogP contribution in [-0.4, -0.2) is 16.8 Å². The van der Waals surface area contributed by atoms with Gasteiger partial charge < -0.3 is 4.90 Å². The van der Waals surface area contributed by atoms with E-state index in [0.29, 0.717) is 11.6 Å². The zero-order valence-corrected chi connectivity index (χ0v) is 12.2. The highest BCUT2D eigenvalue weighted by Crippen LogP contribution is 2.16. The molecule has 0 fully saturated rings. The predicted molar refractivity (Wildman–Crippen MR) is 80.5 cm³/mol. The fraction of sp³-hybridized carbons (Fsp3) is 0.375. The van der Waals surface area contributed by atoms with E-state index in [1.165, 1.54) is 0 Å². The Morgan fingerprint density at radius 3 is 2.60 bits per heavy atom. The molecule has 0 aliphatic heterocycles. The molecule has 0 bridgehead atoms. The van der Waals surface area contributed by atoms with Crippen LogP contribution in [0.4, 0.5) is 5.69 Å². The smallest absolute Gasteiger partial charge is 0.0991 e. The molecule has 1 aromatic carbocycles. The van der Waals surface area contributed by atoms with Gasteiger partial charge in [0, 0.05) is 25.0 Å². The lowest BCUT2D eigenvalue weighted by molar-refractivity contribution is 0.473. The van der Waals surface area contributed by atoms with Crippen LogP contribution in [0.2, 0.25) is 0 Å². The summed E-state index contributed by atoms with van der Waals surface area (Å²) >= 11 is 0. The molecule has 2 rings (SSSR count). The summed E-state index contributed by atoms with van der Waals surface area (Å²) in [4.78, 5) is 2.13. The third-order valence-corrected chi connectivity index (χ3v) is 3.54. The fourth-order valence-electron chi connectivity index (χ4n) is 2.02. The first-order valence-electron chi connectivity index (χ1n) is 6.89. The van der Waals surface area contributed by atoms with Crippen LogP contribution in [0.1, 0.15) is 37.6 Å². The summed E-state index contributed by atoms with van der Waals surface area (Å²) < 4.78 is 2.02. The summed E-state index contributed by atoms with van der Waals surface area (Å²) in [5.41, 5.74) is 2.82. The Bertz CT molecular complexity index is 592. The Morgan fingerprint density at radius 1 is 1.30 bits per heavy atom. The van der Waals surface area contributed by atoms with Gasteiger partial charge >= 0.3 is 0 Å². The maximum absolute atomic E-state index is 8.80. The number of nitrogens with zero attached hydrogens (tertiary/aromatic N) is 4. The van der Waals surface area contributed by atoms with Crippen molar-refractivity contribution in [2.24, 2.45) is 0 Å². The van der Waals surface area contributed by atoms with E-state index in [2.05, 4.69) is 36.0 Å². The molecule has 0 aliphatic rings. The Balaban J connectivity index is 2.05. The summed E-state index contributed by atoms with van der Waals surface area (Å²) in [6.07, 6.45) is 3.11. The molecule has 4 nitrogen and oxygen atoms in total. The van der Waals surface area contributed by atoms with Gasteiger partial charge in [0.25, 0.3) is 0 Å². The van der Waals surface area contributed by atoms with Crippen molar-refractivity contribution in [1.29, 1.82) is 5.26 Å². The Labute approximate surface area is 120 Å². The molecule has 20 heavy (non-hydrogen) atoms. The summed E-state index contributed by atoms with van der Waals surface area (Å²) in [6, 6.07) is 12.2. The van der Waals surface area contributed by atoms with Gasteiger partial charge in [0.15, 0.2) is 0 Å². The fourth-order valence-corrected chi connectivity index (χ4v) is 2.02. The monoisotopic (exact) mass is 268 g/mol.